The zero-order valence-corrected chi connectivity index (χ0v) is 11.3. The minimum Gasteiger partial charge on any atom is -0.481 e. The predicted octanol–water partition coefficient (Wildman–Crippen LogP) is -0.226. The number of hydrogen-bond acceptors (Lipinski definition) is 4. The van der Waals surface area contributed by atoms with Crippen molar-refractivity contribution in [2.75, 3.05) is 32.8 Å². The first-order valence-electron chi connectivity index (χ1n) is 6.19. The first kappa shape index (κ1) is 16.9. The molecule has 106 valence electrons. The Morgan fingerprint density at radius 1 is 1.28 bits per heavy atom. The fourth-order valence-electron chi connectivity index (χ4n) is 1.42. The Labute approximate surface area is 108 Å². The fraction of sp³-hybridized carbons (Fsp3) is 0.833. The van der Waals surface area contributed by atoms with Gasteiger partial charge in [0.05, 0.1) is 19.1 Å². The van der Waals surface area contributed by atoms with Crippen LogP contribution in [0.5, 0.6) is 0 Å². The topological polar surface area (TPSA) is 89.9 Å². The highest BCUT2D eigenvalue weighted by Crippen LogP contribution is 2.00. The number of rotatable bonds is 9. The Kier molecular flexibility index (Phi) is 8.32. The SMILES string of the molecule is CC(C)CNC(=O)CN(CCO)CC(C)C(=O)O. The van der Waals surface area contributed by atoms with E-state index in [4.69, 9.17) is 10.2 Å². The van der Waals surface area contributed by atoms with Crippen LogP contribution in [0, 0.1) is 11.8 Å². The van der Waals surface area contributed by atoms with Crippen molar-refractivity contribution in [3.63, 3.8) is 0 Å². The molecule has 1 unspecified atom stereocenters. The molecule has 6 heteroatoms. The molecule has 0 aliphatic rings. The van der Waals surface area contributed by atoms with Gasteiger partial charge in [-0.1, -0.05) is 20.8 Å². The number of aliphatic hydroxyl groups excluding tert-OH is 1. The molecule has 1 atom stereocenters. The van der Waals surface area contributed by atoms with Gasteiger partial charge in [-0.05, 0) is 5.92 Å². The Bertz CT molecular complexity index is 269. The maximum Gasteiger partial charge on any atom is 0.307 e. The molecule has 18 heavy (non-hydrogen) atoms. The maximum absolute atomic E-state index is 11.6. The molecule has 0 aromatic carbocycles. The summed E-state index contributed by atoms with van der Waals surface area (Å²) in [5.74, 6) is -1.23. The summed E-state index contributed by atoms with van der Waals surface area (Å²) < 4.78 is 0. The summed E-state index contributed by atoms with van der Waals surface area (Å²) in [6.45, 7) is 6.75. The van der Waals surface area contributed by atoms with E-state index in [-0.39, 0.29) is 25.6 Å². The summed E-state index contributed by atoms with van der Waals surface area (Å²) in [5, 5.41) is 20.5. The smallest absolute Gasteiger partial charge is 0.307 e. The Hall–Kier alpha value is -1.14. The van der Waals surface area contributed by atoms with E-state index in [2.05, 4.69) is 5.32 Å². The lowest BCUT2D eigenvalue weighted by Crippen LogP contribution is -2.42. The second kappa shape index (κ2) is 8.88. The molecular formula is C12H24N2O4. The van der Waals surface area contributed by atoms with Gasteiger partial charge in [-0.2, -0.15) is 0 Å². The first-order valence-corrected chi connectivity index (χ1v) is 6.19. The molecule has 0 saturated carbocycles. The number of carbonyl (C=O) groups excluding carboxylic acids is 1. The molecule has 0 bridgehead atoms. The van der Waals surface area contributed by atoms with Gasteiger partial charge in [0.25, 0.3) is 0 Å². The number of carbonyl (C=O) groups is 2. The van der Waals surface area contributed by atoms with Crippen molar-refractivity contribution in [2.24, 2.45) is 11.8 Å². The molecule has 6 nitrogen and oxygen atoms in total. The lowest BCUT2D eigenvalue weighted by Gasteiger charge is -2.22. The standard InChI is InChI=1S/C12H24N2O4/c1-9(2)6-13-11(16)8-14(4-5-15)7-10(3)12(17)18/h9-10,15H,4-8H2,1-3H3,(H,13,16)(H,17,18). The molecule has 0 rings (SSSR count). The summed E-state index contributed by atoms with van der Waals surface area (Å²) in [7, 11) is 0. The van der Waals surface area contributed by atoms with E-state index in [0.29, 0.717) is 19.0 Å². The average Bonchev–Trinajstić information content (AvgIpc) is 2.26. The van der Waals surface area contributed by atoms with Crippen molar-refractivity contribution in [3.05, 3.63) is 0 Å². The molecule has 0 fully saturated rings. The maximum atomic E-state index is 11.6. The van der Waals surface area contributed by atoms with Gasteiger partial charge in [-0.3, -0.25) is 14.5 Å². The number of nitrogens with zero attached hydrogens (tertiary/aromatic N) is 1. The minimum atomic E-state index is -0.902. The molecular weight excluding hydrogens is 236 g/mol. The highest BCUT2D eigenvalue weighted by molar-refractivity contribution is 5.78. The van der Waals surface area contributed by atoms with Crippen molar-refractivity contribution < 1.29 is 19.8 Å². The third-order valence-electron chi connectivity index (χ3n) is 2.44. The van der Waals surface area contributed by atoms with Crippen LogP contribution in [0.4, 0.5) is 0 Å². The van der Waals surface area contributed by atoms with Crippen LogP contribution in [0.3, 0.4) is 0 Å². The molecule has 0 saturated heterocycles. The third kappa shape index (κ3) is 8.03. The van der Waals surface area contributed by atoms with Gasteiger partial charge in [-0.25, -0.2) is 0 Å². The molecule has 0 aromatic heterocycles. The number of hydrogen-bond donors (Lipinski definition) is 3. The monoisotopic (exact) mass is 260 g/mol. The number of aliphatic carboxylic acids is 1. The molecule has 0 aliphatic heterocycles. The van der Waals surface area contributed by atoms with Crippen molar-refractivity contribution in [1.29, 1.82) is 0 Å². The van der Waals surface area contributed by atoms with Crippen molar-refractivity contribution >= 4 is 11.9 Å². The molecule has 0 spiro atoms. The zero-order chi connectivity index (χ0) is 14.1. The van der Waals surface area contributed by atoms with Gasteiger partial charge < -0.3 is 15.5 Å². The zero-order valence-electron chi connectivity index (χ0n) is 11.3. The van der Waals surface area contributed by atoms with Gasteiger partial charge in [0.15, 0.2) is 0 Å². The molecule has 0 aromatic rings. The van der Waals surface area contributed by atoms with Gasteiger partial charge in [0.2, 0.25) is 5.91 Å². The Morgan fingerprint density at radius 2 is 1.89 bits per heavy atom. The first-order chi connectivity index (χ1) is 8.36. The van der Waals surface area contributed by atoms with Gasteiger partial charge in [-0.15, -0.1) is 0 Å². The van der Waals surface area contributed by atoms with Crippen LogP contribution in [0.15, 0.2) is 0 Å². The lowest BCUT2D eigenvalue weighted by atomic mass is 10.1. The van der Waals surface area contributed by atoms with E-state index < -0.39 is 11.9 Å². The van der Waals surface area contributed by atoms with E-state index in [9.17, 15) is 9.59 Å². The summed E-state index contributed by atoms with van der Waals surface area (Å²) in [5.41, 5.74) is 0. The van der Waals surface area contributed by atoms with E-state index in [1.54, 1.807) is 11.8 Å². The van der Waals surface area contributed by atoms with Crippen molar-refractivity contribution in [2.45, 2.75) is 20.8 Å². The largest absolute Gasteiger partial charge is 0.481 e. The number of carboxylic acids is 1. The molecule has 0 radical (unpaired) electrons. The second-order valence-electron chi connectivity index (χ2n) is 4.90. The van der Waals surface area contributed by atoms with Crippen LogP contribution in [-0.2, 0) is 9.59 Å². The number of amides is 1. The fourth-order valence-corrected chi connectivity index (χ4v) is 1.42. The average molecular weight is 260 g/mol. The van der Waals surface area contributed by atoms with Crippen LogP contribution in [-0.4, -0.2) is 59.8 Å². The second-order valence-corrected chi connectivity index (χ2v) is 4.90. The number of nitrogens with one attached hydrogen (secondary N) is 1. The summed E-state index contributed by atoms with van der Waals surface area (Å²) >= 11 is 0. The molecule has 1 amide bonds. The molecule has 3 N–H and O–H groups in total. The van der Waals surface area contributed by atoms with Crippen LogP contribution in [0.2, 0.25) is 0 Å². The van der Waals surface area contributed by atoms with Crippen molar-refractivity contribution in [3.8, 4) is 0 Å². The van der Waals surface area contributed by atoms with Crippen LogP contribution in [0.25, 0.3) is 0 Å². The highest BCUT2D eigenvalue weighted by atomic mass is 16.4. The van der Waals surface area contributed by atoms with E-state index in [1.807, 2.05) is 13.8 Å². The van der Waals surface area contributed by atoms with Crippen molar-refractivity contribution in [1.82, 2.24) is 10.2 Å². The summed E-state index contributed by atoms with van der Waals surface area (Å²) in [6.07, 6.45) is 0. The molecule has 0 heterocycles. The van der Waals surface area contributed by atoms with E-state index >= 15 is 0 Å². The summed E-state index contributed by atoms with van der Waals surface area (Å²) in [6, 6.07) is 0. The van der Waals surface area contributed by atoms with Gasteiger partial charge in [0.1, 0.15) is 0 Å². The molecule has 0 aliphatic carbocycles. The normalized spacial score (nSPS) is 12.8. The van der Waals surface area contributed by atoms with Gasteiger partial charge in [0, 0.05) is 19.6 Å². The van der Waals surface area contributed by atoms with Gasteiger partial charge >= 0.3 is 5.97 Å². The lowest BCUT2D eigenvalue weighted by molar-refractivity contribution is -0.142. The summed E-state index contributed by atoms with van der Waals surface area (Å²) in [4.78, 5) is 24.0. The van der Waals surface area contributed by atoms with Crippen LogP contribution in [0.1, 0.15) is 20.8 Å². The number of carboxylic acid groups (broad SMARTS) is 1. The Morgan fingerprint density at radius 3 is 2.33 bits per heavy atom. The highest BCUT2D eigenvalue weighted by Gasteiger charge is 2.18. The third-order valence-corrected chi connectivity index (χ3v) is 2.44. The van der Waals surface area contributed by atoms with E-state index in [0.717, 1.165) is 0 Å². The van der Waals surface area contributed by atoms with Crippen LogP contribution >= 0.6 is 0 Å². The number of aliphatic hydroxyl groups is 1. The predicted molar refractivity (Wildman–Crippen MR) is 68.2 cm³/mol. The van der Waals surface area contributed by atoms with E-state index in [1.165, 1.54) is 0 Å². The Balaban J connectivity index is 4.17. The minimum absolute atomic E-state index is 0.0935. The van der Waals surface area contributed by atoms with Crippen LogP contribution < -0.4 is 5.32 Å². The quantitative estimate of drug-likeness (QED) is 0.533.